The van der Waals surface area contributed by atoms with E-state index in [2.05, 4.69) is 5.32 Å². The molecule has 0 bridgehead atoms. The highest BCUT2D eigenvalue weighted by atomic mass is 16.4. The number of nitrogens with one attached hydrogen (secondary N) is 1. The molecule has 1 aromatic rings. The second-order valence-corrected chi connectivity index (χ2v) is 4.68. The third-order valence-electron chi connectivity index (χ3n) is 2.67. The summed E-state index contributed by atoms with van der Waals surface area (Å²) < 4.78 is 0. The number of rotatable bonds is 5. The fourth-order valence-corrected chi connectivity index (χ4v) is 1.51. The van der Waals surface area contributed by atoms with E-state index in [0.29, 0.717) is 5.56 Å². The lowest BCUT2D eigenvalue weighted by atomic mass is 10.0. The maximum Gasteiger partial charge on any atom is 0.335 e. The van der Waals surface area contributed by atoms with Crippen molar-refractivity contribution in [1.29, 1.82) is 0 Å². The number of primary amides is 1. The fraction of sp³-hybridized carbons (Fsp3) is 0.308. The second kappa shape index (κ2) is 5.51. The van der Waals surface area contributed by atoms with Gasteiger partial charge in [-0.15, -0.1) is 0 Å². The standard InChI is InChI=1S/C13H16N2O4/c1-13(2,12(14)19)15-10(16)7-8-5-3-4-6-9(8)11(17)18/h3-6H,7H2,1-2H3,(H2,14,19)(H,15,16)(H,17,18). The van der Waals surface area contributed by atoms with Gasteiger partial charge in [0.1, 0.15) is 5.54 Å². The zero-order chi connectivity index (χ0) is 14.6. The molecule has 6 heteroatoms. The van der Waals surface area contributed by atoms with E-state index in [1.165, 1.54) is 19.9 Å². The second-order valence-electron chi connectivity index (χ2n) is 4.68. The van der Waals surface area contributed by atoms with Gasteiger partial charge >= 0.3 is 5.97 Å². The van der Waals surface area contributed by atoms with E-state index in [9.17, 15) is 14.4 Å². The molecule has 102 valence electrons. The first-order valence-corrected chi connectivity index (χ1v) is 5.66. The Morgan fingerprint density at radius 1 is 1.26 bits per heavy atom. The van der Waals surface area contributed by atoms with Gasteiger partial charge < -0.3 is 16.2 Å². The lowest BCUT2D eigenvalue weighted by Crippen LogP contribution is -2.53. The van der Waals surface area contributed by atoms with Gasteiger partial charge in [-0.1, -0.05) is 18.2 Å². The number of carboxylic acids is 1. The molecule has 4 N–H and O–H groups in total. The van der Waals surface area contributed by atoms with Crippen LogP contribution in [0.1, 0.15) is 29.8 Å². The molecule has 19 heavy (non-hydrogen) atoms. The molecule has 0 saturated heterocycles. The largest absolute Gasteiger partial charge is 0.478 e. The van der Waals surface area contributed by atoms with Crippen molar-refractivity contribution < 1.29 is 19.5 Å². The number of amides is 2. The average Bonchev–Trinajstić information content (AvgIpc) is 2.28. The van der Waals surface area contributed by atoms with E-state index in [1.807, 2.05) is 0 Å². The smallest absolute Gasteiger partial charge is 0.335 e. The molecule has 1 aromatic carbocycles. The topological polar surface area (TPSA) is 109 Å². The first-order valence-electron chi connectivity index (χ1n) is 5.66. The number of aromatic carboxylic acids is 1. The quantitative estimate of drug-likeness (QED) is 0.710. The Hall–Kier alpha value is -2.37. The Balaban J connectivity index is 2.84. The highest BCUT2D eigenvalue weighted by molar-refractivity contribution is 5.93. The minimum Gasteiger partial charge on any atom is -0.478 e. The van der Waals surface area contributed by atoms with Crippen LogP contribution >= 0.6 is 0 Å². The maximum absolute atomic E-state index is 11.8. The zero-order valence-electron chi connectivity index (χ0n) is 10.8. The van der Waals surface area contributed by atoms with Crippen molar-refractivity contribution in [1.82, 2.24) is 5.32 Å². The van der Waals surface area contributed by atoms with Gasteiger partial charge in [0.25, 0.3) is 0 Å². The van der Waals surface area contributed by atoms with Crippen LogP contribution in [0.3, 0.4) is 0 Å². The van der Waals surface area contributed by atoms with Crippen LogP contribution in [0.4, 0.5) is 0 Å². The van der Waals surface area contributed by atoms with Crippen molar-refractivity contribution in [2.45, 2.75) is 25.8 Å². The summed E-state index contributed by atoms with van der Waals surface area (Å²) in [6.45, 7) is 2.96. The third-order valence-corrected chi connectivity index (χ3v) is 2.67. The molecule has 0 aliphatic heterocycles. The molecule has 6 nitrogen and oxygen atoms in total. The monoisotopic (exact) mass is 264 g/mol. The van der Waals surface area contributed by atoms with E-state index in [4.69, 9.17) is 10.8 Å². The van der Waals surface area contributed by atoms with Crippen molar-refractivity contribution in [3.63, 3.8) is 0 Å². The third kappa shape index (κ3) is 3.80. The summed E-state index contributed by atoms with van der Waals surface area (Å²) in [7, 11) is 0. The van der Waals surface area contributed by atoms with Crippen molar-refractivity contribution >= 4 is 17.8 Å². The summed E-state index contributed by atoms with van der Waals surface area (Å²) in [4.78, 5) is 33.9. The molecular formula is C13H16N2O4. The van der Waals surface area contributed by atoms with E-state index in [-0.39, 0.29) is 12.0 Å². The van der Waals surface area contributed by atoms with Crippen molar-refractivity contribution in [2.24, 2.45) is 5.73 Å². The molecule has 2 amide bonds. The summed E-state index contributed by atoms with van der Waals surface area (Å²) >= 11 is 0. The van der Waals surface area contributed by atoms with Crippen molar-refractivity contribution in [3.05, 3.63) is 35.4 Å². The minimum absolute atomic E-state index is 0.0644. The predicted molar refractivity (Wildman–Crippen MR) is 68.5 cm³/mol. The van der Waals surface area contributed by atoms with E-state index in [0.717, 1.165) is 0 Å². The van der Waals surface area contributed by atoms with Gasteiger partial charge in [-0.3, -0.25) is 9.59 Å². The van der Waals surface area contributed by atoms with Gasteiger partial charge in [0.2, 0.25) is 11.8 Å². The molecule has 0 unspecified atom stereocenters. The van der Waals surface area contributed by atoms with Crippen LogP contribution in [0.15, 0.2) is 24.3 Å². The van der Waals surface area contributed by atoms with Gasteiger partial charge in [-0.05, 0) is 25.5 Å². The molecule has 0 spiro atoms. The molecule has 0 radical (unpaired) electrons. The van der Waals surface area contributed by atoms with Crippen LogP contribution in [0.5, 0.6) is 0 Å². The molecule has 0 atom stereocenters. The first kappa shape index (κ1) is 14.7. The van der Waals surface area contributed by atoms with E-state index < -0.39 is 23.3 Å². The Morgan fingerprint density at radius 2 is 1.84 bits per heavy atom. The van der Waals surface area contributed by atoms with Gasteiger partial charge in [0, 0.05) is 0 Å². The predicted octanol–water partition coefficient (Wildman–Crippen LogP) is 0.307. The number of carbonyl (C=O) groups excluding carboxylic acids is 2. The molecule has 0 heterocycles. The van der Waals surface area contributed by atoms with Crippen LogP contribution in [0.2, 0.25) is 0 Å². The van der Waals surface area contributed by atoms with Crippen LogP contribution < -0.4 is 11.1 Å². The molecule has 0 aromatic heterocycles. The first-order chi connectivity index (χ1) is 8.74. The highest BCUT2D eigenvalue weighted by Crippen LogP contribution is 2.10. The van der Waals surface area contributed by atoms with Crippen LogP contribution in [0, 0.1) is 0 Å². The Labute approximate surface area is 110 Å². The number of hydrogen-bond acceptors (Lipinski definition) is 3. The van der Waals surface area contributed by atoms with E-state index in [1.54, 1.807) is 18.2 Å². The fourth-order valence-electron chi connectivity index (χ4n) is 1.51. The SMILES string of the molecule is CC(C)(NC(=O)Cc1ccccc1C(=O)O)C(N)=O. The lowest BCUT2D eigenvalue weighted by Gasteiger charge is -2.22. The normalized spacial score (nSPS) is 10.8. The summed E-state index contributed by atoms with van der Waals surface area (Å²) in [5.41, 5.74) is 4.42. The number of carbonyl (C=O) groups is 3. The molecule has 0 aliphatic rings. The summed E-state index contributed by atoms with van der Waals surface area (Å²) in [5.74, 6) is -2.22. The maximum atomic E-state index is 11.8. The van der Waals surface area contributed by atoms with Gasteiger partial charge in [-0.25, -0.2) is 4.79 Å². The number of nitrogens with two attached hydrogens (primary N) is 1. The number of benzene rings is 1. The van der Waals surface area contributed by atoms with Gasteiger partial charge in [-0.2, -0.15) is 0 Å². The summed E-state index contributed by atoms with van der Waals surface area (Å²) in [6, 6.07) is 6.21. The Morgan fingerprint density at radius 3 is 2.37 bits per heavy atom. The average molecular weight is 264 g/mol. The van der Waals surface area contributed by atoms with Gasteiger partial charge in [0.15, 0.2) is 0 Å². The molecule has 0 saturated carbocycles. The summed E-state index contributed by atoms with van der Waals surface area (Å²) in [5, 5.41) is 11.5. The zero-order valence-corrected chi connectivity index (χ0v) is 10.8. The molecule has 0 fully saturated rings. The molecular weight excluding hydrogens is 248 g/mol. The highest BCUT2D eigenvalue weighted by Gasteiger charge is 2.27. The van der Waals surface area contributed by atoms with Crippen LogP contribution in [-0.4, -0.2) is 28.4 Å². The minimum atomic E-state index is -1.17. The molecule has 0 aliphatic carbocycles. The Kier molecular flexibility index (Phi) is 4.26. The van der Waals surface area contributed by atoms with E-state index >= 15 is 0 Å². The van der Waals surface area contributed by atoms with Crippen LogP contribution in [0.25, 0.3) is 0 Å². The lowest BCUT2D eigenvalue weighted by molar-refractivity contribution is -0.130. The van der Waals surface area contributed by atoms with Gasteiger partial charge in [0.05, 0.1) is 12.0 Å². The molecule has 1 rings (SSSR count). The Bertz CT molecular complexity index is 523. The number of carboxylic acid groups (broad SMARTS) is 1. The van der Waals surface area contributed by atoms with Crippen molar-refractivity contribution in [2.75, 3.05) is 0 Å². The number of hydrogen-bond donors (Lipinski definition) is 3. The van der Waals surface area contributed by atoms with Crippen molar-refractivity contribution in [3.8, 4) is 0 Å². The summed E-state index contributed by atoms with van der Waals surface area (Å²) in [6.07, 6.45) is -0.126. The van der Waals surface area contributed by atoms with Crippen LogP contribution in [-0.2, 0) is 16.0 Å².